The minimum Gasteiger partial charge on any atom is -0.273 e. The first-order valence-corrected chi connectivity index (χ1v) is 9.63. The van der Waals surface area contributed by atoms with Crippen LogP contribution in [-0.4, -0.2) is 16.9 Å². The van der Waals surface area contributed by atoms with E-state index in [1.807, 2.05) is 31.2 Å². The van der Waals surface area contributed by atoms with Crippen molar-refractivity contribution in [2.45, 2.75) is 26.3 Å². The summed E-state index contributed by atoms with van der Waals surface area (Å²) in [5.41, 5.74) is 7.32. The number of aromatic nitrogens is 1. The minimum absolute atomic E-state index is 0.0457. The van der Waals surface area contributed by atoms with E-state index in [-0.39, 0.29) is 11.9 Å². The van der Waals surface area contributed by atoms with E-state index in [9.17, 15) is 4.79 Å². The van der Waals surface area contributed by atoms with E-state index in [2.05, 4.69) is 36.6 Å². The quantitative estimate of drug-likeness (QED) is 0.686. The molecule has 132 valence electrons. The molecule has 1 saturated heterocycles. The maximum atomic E-state index is 12.3. The zero-order chi connectivity index (χ0) is 18.3. The van der Waals surface area contributed by atoms with Gasteiger partial charge >= 0.3 is 0 Å². The van der Waals surface area contributed by atoms with Gasteiger partial charge in [-0.1, -0.05) is 64.9 Å². The molecule has 1 aliphatic heterocycles. The number of nitrogens with one attached hydrogen (secondary N) is 1. The summed E-state index contributed by atoms with van der Waals surface area (Å²) in [5, 5.41) is 2.93. The number of aryl methyl sites for hydroxylation is 1. The average Bonchev–Trinajstić information content (AvgIpc) is 3.19. The molecule has 1 N–H and O–H groups in total. The SMILES string of the molecule is Cc1ccc(-c2sc(N3NC(C)CC3=O)nc2-c2ccc(Cl)cc2)cc1. The number of amides is 1. The van der Waals surface area contributed by atoms with Crippen molar-refractivity contribution in [3.05, 3.63) is 59.1 Å². The molecule has 2 heterocycles. The van der Waals surface area contributed by atoms with Gasteiger partial charge in [0, 0.05) is 23.0 Å². The van der Waals surface area contributed by atoms with Crippen molar-refractivity contribution >= 4 is 34.0 Å². The Labute approximate surface area is 161 Å². The fraction of sp³-hybridized carbons (Fsp3) is 0.200. The fourth-order valence-electron chi connectivity index (χ4n) is 2.96. The molecule has 2 aromatic carbocycles. The standard InChI is InChI=1S/C20H18ClN3OS/c1-12-3-5-15(6-4-12)19-18(14-7-9-16(21)10-8-14)22-20(26-19)24-17(25)11-13(2)23-24/h3-10,13,23H,11H2,1-2H3. The number of hydrogen-bond donors (Lipinski definition) is 1. The molecule has 0 aliphatic carbocycles. The van der Waals surface area contributed by atoms with E-state index in [1.165, 1.54) is 16.9 Å². The Morgan fingerprint density at radius 3 is 2.38 bits per heavy atom. The third-order valence-electron chi connectivity index (χ3n) is 4.32. The van der Waals surface area contributed by atoms with Gasteiger partial charge in [-0.2, -0.15) is 0 Å². The smallest absolute Gasteiger partial charge is 0.244 e. The van der Waals surface area contributed by atoms with Gasteiger partial charge < -0.3 is 0 Å². The zero-order valence-corrected chi connectivity index (χ0v) is 16.1. The van der Waals surface area contributed by atoms with Crippen LogP contribution in [0.2, 0.25) is 5.02 Å². The molecule has 4 nitrogen and oxygen atoms in total. The third-order valence-corrected chi connectivity index (χ3v) is 5.66. The van der Waals surface area contributed by atoms with E-state index >= 15 is 0 Å². The summed E-state index contributed by atoms with van der Waals surface area (Å²) >= 11 is 7.56. The largest absolute Gasteiger partial charge is 0.273 e. The first kappa shape index (κ1) is 17.2. The van der Waals surface area contributed by atoms with Crippen LogP contribution in [0.25, 0.3) is 21.7 Å². The predicted octanol–water partition coefficient (Wildman–Crippen LogP) is 5.07. The van der Waals surface area contributed by atoms with Crippen LogP contribution in [0.4, 0.5) is 5.13 Å². The van der Waals surface area contributed by atoms with Crippen molar-refractivity contribution in [2.24, 2.45) is 0 Å². The summed E-state index contributed by atoms with van der Waals surface area (Å²) < 4.78 is 0. The Balaban J connectivity index is 1.83. The van der Waals surface area contributed by atoms with Crippen LogP contribution in [0.3, 0.4) is 0 Å². The highest BCUT2D eigenvalue weighted by Crippen LogP contribution is 2.41. The van der Waals surface area contributed by atoms with Crippen molar-refractivity contribution in [3.8, 4) is 21.7 Å². The van der Waals surface area contributed by atoms with Crippen LogP contribution in [-0.2, 0) is 4.79 Å². The lowest BCUT2D eigenvalue weighted by Gasteiger charge is -2.12. The molecule has 0 bridgehead atoms. The maximum Gasteiger partial charge on any atom is 0.244 e. The Hall–Kier alpha value is -2.21. The Morgan fingerprint density at radius 2 is 1.77 bits per heavy atom. The lowest BCUT2D eigenvalue weighted by atomic mass is 10.1. The molecular formula is C20H18ClN3OS. The van der Waals surface area contributed by atoms with E-state index < -0.39 is 0 Å². The summed E-state index contributed by atoms with van der Waals surface area (Å²) in [6.07, 6.45) is 0.482. The van der Waals surface area contributed by atoms with Crippen molar-refractivity contribution < 1.29 is 4.79 Å². The van der Waals surface area contributed by atoms with Crippen molar-refractivity contribution in [2.75, 3.05) is 5.01 Å². The molecular weight excluding hydrogens is 366 g/mol. The van der Waals surface area contributed by atoms with Crippen molar-refractivity contribution in [1.29, 1.82) is 0 Å². The lowest BCUT2D eigenvalue weighted by molar-refractivity contribution is -0.117. The van der Waals surface area contributed by atoms with Gasteiger partial charge in [-0.15, -0.1) is 0 Å². The van der Waals surface area contributed by atoms with E-state index in [4.69, 9.17) is 16.6 Å². The first-order chi connectivity index (χ1) is 12.5. The predicted molar refractivity (Wildman–Crippen MR) is 107 cm³/mol. The van der Waals surface area contributed by atoms with Crippen LogP contribution < -0.4 is 10.4 Å². The highest BCUT2D eigenvalue weighted by atomic mass is 35.5. The number of hydrazine groups is 1. The number of rotatable bonds is 3. The van der Waals surface area contributed by atoms with Crippen LogP contribution in [0.5, 0.6) is 0 Å². The highest BCUT2D eigenvalue weighted by Gasteiger charge is 2.30. The molecule has 4 rings (SSSR count). The van der Waals surface area contributed by atoms with Gasteiger partial charge in [0.05, 0.1) is 10.6 Å². The van der Waals surface area contributed by atoms with E-state index in [1.54, 1.807) is 5.01 Å². The lowest BCUT2D eigenvalue weighted by Crippen LogP contribution is -2.36. The molecule has 1 atom stereocenters. The van der Waals surface area contributed by atoms with Gasteiger partial charge in [-0.25, -0.2) is 15.4 Å². The maximum absolute atomic E-state index is 12.3. The third kappa shape index (κ3) is 3.26. The van der Waals surface area contributed by atoms with Crippen molar-refractivity contribution in [1.82, 2.24) is 10.4 Å². The fourth-order valence-corrected chi connectivity index (χ4v) is 4.17. The van der Waals surface area contributed by atoms with Gasteiger partial charge in [-0.3, -0.25) is 4.79 Å². The highest BCUT2D eigenvalue weighted by molar-refractivity contribution is 7.19. The number of hydrogen-bond acceptors (Lipinski definition) is 4. The van der Waals surface area contributed by atoms with Gasteiger partial charge in [-0.05, 0) is 31.5 Å². The van der Waals surface area contributed by atoms with Gasteiger partial charge in [0.25, 0.3) is 0 Å². The number of thiazole rings is 1. The number of halogens is 1. The molecule has 1 aromatic heterocycles. The van der Waals surface area contributed by atoms with Gasteiger partial charge in [0.1, 0.15) is 0 Å². The molecule has 1 aliphatic rings. The summed E-state index contributed by atoms with van der Waals surface area (Å²) in [7, 11) is 0. The van der Waals surface area contributed by atoms with Gasteiger partial charge in [0.2, 0.25) is 11.0 Å². The second-order valence-corrected chi connectivity index (χ2v) is 7.92. The van der Waals surface area contributed by atoms with Crippen LogP contribution in [0.1, 0.15) is 18.9 Å². The number of carbonyl (C=O) groups excluding carboxylic acids is 1. The number of nitrogens with zero attached hydrogens (tertiary/aromatic N) is 2. The Kier molecular flexibility index (Phi) is 4.53. The topological polar surface area (TPSA) is 45.2 Å². The molecule has 1 unspecified atom stereocenters. The Morgan fingerprint density at radius 1 is 1.12 bits per heavy atom. The normalized spacial score (nSPS) is 17.1. The molecule has 1 fully saturated rings. The van der Waals surface area contributed by atoms with E-state index in [0.29, 0.717) is 16.6 Å². The second-order valence-electron chi connectivity index (χ2n) is 6.51. The molecule has 26 heavy (non-hydrogen) atoms. The minimum atomic E-state index is 0.0457. The van der Waals surface area contributed by atoms with E-state index in [0.717, 1.165) is 21.7 Å². The molecule has 0 spiro atoms. The number of carbonyl (C=O) groups is 1. The summed E-state index contributed by atoms with van der Waals surface area (Å²) in [5.74, 6) is 0.0457. The molecule has 3 aromatic rings. The van der Waals surface area contributed by atoms with Gasteiger partial charge in [0.15, 0.2) is 0 Å². The van der Waals surface area contributed by atoms with Crippen molar-refractivity contribution in [3.63, 3.8) is 0 Å². The monoisotopic (exact) mass is 383 g/mol. The molecule has 0 saturated carbocycles. The first-order valence-electron chi connectivity index (χ1n) is 8.44. The summed E-state index contributed by atoms with van der Waals surface area (Å²) in [6, 6.07) is 16.1. The molecule has 6 heteroatoms. The van der Waals surface area contributed by atoms with Crippen LogP contribution >= 0.6 is 22.9 Å². The summed E-state index contributed by atoms with van der Waals surface area (Å²) in [4.78, 5) is 18.1. The zero-order valence-electron chi connectivity index (χ0n) is 14.5. The average molecular weight is 384 g/mol. The van der Waals surface area contributed by atoms with Crippen LogP contribution in [0, 0.1) is 6.92 Å². The Bertz CT molecular complexity index is 887. The molecule has 0 radical (unpaired) electrons. The summed E-state index contributed by atoms with van der Waals surface area (Å²) in [6.45, 7) is 4.06. The molecule has 1 amide bonds. The number of benzene rings is 2. The van der Waals surface area contributed by atoms with Crippen LogP contribution in [0.15, 0.2) is 48.5 Å². The number of anilines is 1. The second kappa shape index (κ2) is 6.83.